The van der Waals surface area contributed by atoms with E-state index in [0.29, 0.717) is 6.04 Å². The van der Waals surface area contributed by atoms with Crippen LogP contribution in [0.4, 0.5) is 0 Å². The highest BCUT2D eigenvalue weighted by atomic mass is 15.3. The van der Waals surface area contributed by atoms with Gasteiger partial charge < -0.3 is 5.32 Å². The third kappa shape index (κ3) is 4.32. The van der Waals surface area contributed by atoms with Crippen molar-refractivity contribution in [2.75, 3.05) is 19.6 Å². The summed E-state index contributed by atoms with van der Waals surface area (Å²) in [5.41, 5.74) is 1.35. The van der Waals surface area contributed by atoms with Crippen molar-refractivity contribution in [3.05, 3.63) is 18.0 Å². The van der Waals surface area contributed by atoms with Crippen LogP contribution >= 0.6 is 0 Å². The molecule has 2 rings (SSSR count). The molecule has 0 aliphatic carbocycles. The van der Waals surface area contributed by atoms with Gasteiger partial charge in [-0.15, -0.1) is 0 Å². The molecule has 0 bridgehead atoms. The summed E-state index contributed by atoms with van der Waals surface area (Å²) in [5.74, 6) is 0. The van der Waals surface area contributed by atoms with Crippen LogP contribution in [0.3, 0.4) is 0 Å². The van der Waals surface area contributed by atoms with E-state index in [9.17, 15) is 0 Å². The molecule has 0 spiro atoms. The fourth-order valence-corrected chi connectivity index (χ4v) is 2.83. The Balaban J connectivity index is 1.88. The van der Waals surface area contributed by atoms with Gasteiger partial charge in [-0.3, -0.25) is 9.58 Å². The molecule has 108 valence electrons. The van der Waals surface area contributed by atoms with Crippen LogP contribution in [0.1, 0.15) is 45.2 Å². The van der Waals surface area contributed by atoms with E-state index in [1.165, 1.54) is 31.5 Å². The van der Waals surface area contributed by atoms with Crippen molar-refractivity contribution >= 4 is 0 Å². The fourth-order valence-electron chi connectivity index (χ4n) is 2.83. The quantitative estimate of drug-likeness (QED) is 0.820. The lowest BCUT2D eigenvalue weighted by Crippen LogP contribution is -2.43. The van der Waals surface area contributed by atoms with Gasteiger partial charge in [0.1, 0.15) is 0 Å². The van der Waals surface area contributed by atoms with E-state index in [4.69, 9.17) is 0 Å². The van der Waals surface area contributed by atoms with Crippen LogP contribution in [0.5, 0.6) is 0 Å². The van der Waals surface area contributed by atoms with Gasteiger partial charge in [-0.25, -0.2) is 0 Å². The second kappa shape index (κ2) is 7.65. The summed E-state index contributed by atoms with van der Waals surface area (Å²) in [6.45, 7) is 9.97. The Kier molecular flexibility index (Phi) is 5.86. The summed E-state index contributed by atoms with van der Waals surface area (Å²) in [4.78, 5) is 2.53. The van der Waals surface area contributed by atoms with Crippen LogP contribution in [-0.4, -0.2) is 40.4 Å². The van der Waals surface area contributed by atoms with Gasteiger partial charge in [-0.2, -0.15) is 5.10 Å². The van der Waals surface area contributed by atoms with Crippen LogP contribution < -0.4 is 5.32 Å². The molecule has 1 aliphatic rings. The second-order valence-corrected chi connectivity index (χ2v) is 5.52. The number of hydrogen-bond acceptors (Lipinski definition) is 3. The minimum Gasteiger partial charge on any atom is -0.313 e. The zero-order valence-electron chi connectivity index (χ0n) is 12.4. The molecule has 1 aliphatic heterocycles. The van der Waals surface area contributed by atoms with Crippen molar-refractivity contribution in [1.29, 1.82) is 0 Å². The van der Waals surface area contributed by atoms with Crippen LogP contribution in [-0.2, 0) is 13.1 Å². The Bertz CT molecular complexity index is 355. The van der Waals surface area contributed by atoms with Crippen molar-refractivity contribution in [1.82, 2.24) is 20.0 Å². The van der Waals surface area contributed by atoms with E-state index >= 15 is 0 Å². The number of aryl methyl sites for hydroxylation is 1. The lowest BCUT2D eigenvalue weighted by molar-refractivity contribution is 0.221. The normalized spacial score (nSPS) is 20.1. The molecule has 0 radical (unpaired) electrons. The summed E-state index contributed by atoms with van der Waals surface area (Å²) < 4.78 is 2.15. The molecule has 4 heteroatoms. The molecule has 2 heterocycles. The first-order valence-electron chi connectivity index (χ1n) is 7.80. The second-order valence-electron chi connectivity index (χ2n) is 5.52. The highest BCUT2D eigenvalue weighted by molar-refractivity contribution is 5.00. The average molecular weight is 264 g/mol. The summed E-state index contributed by atoms with van der Waals surface area (Å²) >= 11 is 0. The zero-order valence-corrected chi connectivity index (χ0v) is 12.4. The van der Waals surface area contributed by atoms with Gasteiger partial charge >= 0.3 is 0 Å². The molecular weight excluding hydrogens is 236 g/mol. The zero-order chi connectivity index (χ0) is 13.5. The van der Waals surface area contributed by atoms with Gasteiger partial charge in [0.2, 0.25) is 0 Å². The molecule has 1 atom stereocenters. The van der Waals surface area contributed by atoms with Crippen LogP contribution in [0, 0.1) is 0 Å². The van der Waals surface area contributed by atoms with Crippen molar-refractivity contribution in [3.8, 4) is 0 Å². The molecule has 1 N–H and O–H groups in total. The molecular formula is C15H28N4. The van der Waals surface area contributed by atoms with E-state index in [1.807, 2.05) is 6.20 Å². The molecule has 0 saturated carbocycles. The SMILES string of the molecule is CCCn1nccc1CN(CC)CC1CCCCN1. The van der Waals surface area contributed by atoms with Crippen molar-refractivity contribution in [2.45, 2.75) is 58.7 Å². The maximum Gasteiger partial charge on any atom is 0.0524 e. The van der Waals surface area contributed by atoms with Crippen LogP contribution in [0.2, 0.25) is 0 Å². The van der Waals surface area contributed by atoms with Gasteiger partial charge in [-0.05, 0) is 38.4 Å². The number of aromatic nitrogens is 2. The first kappa shape index (κ1) is 14.5. The maximum absolute atomic E-state index is 4.41. The molecule has 1 saturated heterocycles. The number of nitrogens with one attached hydrogen (secondary N) is 1. The molecule has 1 unspecified atom stereocenters. The largest absolute Gasteiger partial charge is 0.313 e. The highest BCUT2D eigenvalue weighted by Gasteiger charge is 2.16. The molecule has 4 nitrogen and oxygen atoms in total. The number of piperidine rings is 1. The summed E-state index contributed by atoms with van der Waals surface area (Å²) in [7, 11) is 0. The first-order valence-corrected chi connectivity index (χ1v) is 7.80. The number of rotatable bonds is 7. The van der Waals surface area contributed by atoms with E-state index in [0.717, 1.165) is 32.6 Å². The van der Waals surface area contributed by atoms with Gasteiger partial charge in [0.15, 0.2) is 0 Å². The monoisotopic (exact) mass is 264 g/mol. The van der Waals surface area contributed by atoms with E-state index < -0.39 is 0 Å². The van der Waals surface area contributed by atoms with Gasteiger partial charge in [0.25, 0.3) is 0 Å². The highest BCUT2D eigenvalue weighted by Crippen LogP contribution is 2.11. The number of likely N-dealkylation sites (N-methyl/N-ethyl adjacent to an activating group) is 1. The van der Waals surface area contributed by atoms with Crippen LogP contribution in [0.25, 0.3) is 0 Å². The predicted molar refractivity (Wildman–Crippen MR) is 79.1 cm³/mol. The average Bonchev–Trinajstić information content (AvgIpc) is 2.87. The third-order valence-electron chi connectivity index (χ3n) is 3.96. The van der Waals surface area contributed by atoms with Crippen molar-refractivity contribution < 1.29 is 0 Å². The Hall–Kier alpha value is -0.870. The molecule has 19 heavy (non-hydrogen) atoms. The third-order valence-corrected chi connectivity index (χ3v) is 3.96. The first-order chi connectivity index (χ1) is 9.33. The molecule has 1 aromatic rings. The molecule has 1 aromatic heterocycles. The maximum atomic E-state index is 4.41. The lowest BCUT2D eigenvalue weighted by atomic mass is 10.0. The van der Waals surface area contributed by atoms with Gasteiger partial charge in [0, 0.05) is 31.9 Å². The van der Waals surface area contributed by atoms with Crippen molar-refractivity contribution in [2.24, 2.45) is 0 Å². The summed E-state index contributed by atoms with van der Waals surface area (Å²) in [6.07, 6.45) is 7.11. The molecule has 0 amide bonds. The van der Waals surface area contributed by atoms with Gasteiger partial charge in [-0.1, -0.05) is 20.3 Å². The predicted octanol–water partition coefficient (Wildman–Crippen LogP) is 2.26. The fraction of sp³-hybridized carbons (Fsp3) is 0.800. The molecule has 1 fully saturated rings. The Morgan fingerprint density at radius 2 is 2.32 bits per heavy atom. The summed E-state index contributed by atoms with van der Waals surface area (Å²) in [5, 5.41) is 8.05. The van der Waals surface area contributed by atoms with Crippen LogP contribution in [0.15, 0.2) is 12.3 Å². The van der Waals surface area contributed by atoms with Gasteiger partial charge in [0.05, 0.1) is 5.69 Å². The Morgan fingerprint density at radius 1 is 1.42 bits per heavy atom. The minimum atomic E-state index is 0.677. The Labute approximate surface area is 117 Å². The number of nitrogens with zero attached hydrogens (tertiary/aromatic N) is 3. The van der Waals surface area contributed by atoms with Crippen molar-refractivity contribution in [3.63, 3.8) is 0 Å². The minimum absolute atomic E-state index is 0.677. The molecule has 0 aromatic carbocycles. The van der Waals surface area contributed by atoms with E-state index in [1.54, 1.807) is 0 Å². The number of hydrogen-bond donors (Lipinski definition) is 1. The Morgan fingerprint density at radius 3 is 3.00 bits per heavy atom. The summed E-state index contributed by atoms with van der Waals surface area (Å²) in [6, 6.07) is 2.84. The smallest absolute Gasteiger partial charge is 0.0524 e. The topological polar surface area (TPSA) is 33.1 Å². The lowest BCUT2D eigenvalue weighted by Gasteiger charge is -2.30. The van der Waals surface area contributed by atoms with E-state index in [-0.39, 0.29) is 0 Å². The van der Waals surface area contributed by atoms with E-state index in [2.05, 4.69) is 39.9 Å². The standard InChI is InChI=1S/C15H28N4/c1-3-11-19-15(8-10-17-19)13-18(4-2)12-14-7-5-6-9-16-14/h8,10,14,16H,3-7,9,11-13H2,1-2H3.